The summed E-state index contributed by atoms with van der Waals surface area (Å²) >= 11 is 0. The van der Waals surface area contributed by atoms with Gasteiger partial charge in [-0.05, 0) is 30.4 Å². The molecule has 0 saturated carbocycles. The topological polar surface area (TPSA) is 46.5 Å². The van der Waals surface area contributed by atoms with Crippen LogP contribution in [0.5, 0.6) is 0 Å². The quantitative estimate of drug-likeness (QED) is 0.863. The molecule has 0 aliphatic carbocycles. The van der Waals surface area contributed by atoms with Crippen LogP contribution in [0.25, 0.3) is 0 Å². The van der Waals surface area contributed by atoms with Crippen molar-refractivity contribution in [3.05, 3.63) is 35.4 Å². The number of ether oxygens (including phenoxy) is 1. The summed E-state index contributed by atoms with van der Waals surface area (Å²) in [4.78, 5) is 11.4. The Morgan fingerprint density at radius 3 is 2.05 bits per heavy atom. The van der Waals surface area contributed by atoms with Gasteiger partial charge in [-0.3, -0.25) is 0 Å². The van der Waals surface area contributed by atoms with Gasteiger partial charge in [0, 0.05) is 0 Å². The van der Waals surface area contributed by atoms with Crippen LogP contribution in [-0.2, 0) is 20.5 Å². The van der Waals surface area contributed by atoms with Crippen molar-refractivity contribution in [3.63, 3.8) is 0 Å². The first-order chi connectivity index (χ1) is 9.10. The number of alkyl halides is 1. The second-order valence-electron chi connectivity index (χ2n) is 6.09. The molecule has 0 aromatic heterocycles. The van der Waals surface area contributed by atoms with Gasteiger partial charge in [0.05, 0.1) is 6.61 Å². The monoisotopic (exact) mass is 282 g/mol. The molecule has 1 rings (SSSR count). The first kappa shape index (κ1) is 16.6. The Labute approximate surface area is 119 Å². The molecule has 1 N–H and O–H groups in total. The zero-order valence-corrected chi connectivity index (χ0v) is 12.7. The van der Waals surface area contributed by atoms with Crippen molar-refractivity contribution in [2.75, 3.05) is 6.61 Å². The molecule has 0 radical (unpaired) electrons. The lowest BCUT2D eigenvalue weighted by Crippen LogP contribution is -2.40. The number of hydrogen-bond donors (Lipinski definition) is 1. The standard InChI is InChI=1S/C16H23FO3/c1-6-20-14(18)13(17)16(5,19)12-9-7-11(8-10-12)15(2,3)4/h7-10,13,19H,6H2,1-5H3. The number of esters is 1. The molecule has 112 valence electrons. The first-order valence-electron chi connectivity index (χ1n) is 6.74. The van der Waals surface area contributed by atoms with Gasteiger partial charge >= 0.3 is 5.97 Å². The van der Waals surface area contributed by atoms with E-state index in [0.29, 0.717) is 5.56 Å². The maximum Gasteiger partial charge on any atom is 0.344 e. The highest BCUT2D eigenvalue weighted by Crippen LogP contribution is 2.30. The fourth-order valence-corrected chi connectivity index (χ4v) is 1.90. The van der Waals surface area contributed by atoms with Crippen LogP contribution in [0.1, 0.15) is 45.7 Å². The maximum absolute atomic E-state index is 14.1. The van der Waals surface area contributed by atoms with Gasteiger partial charge in [-0.15, -0.1) is 0 Å². The third-order valence-electron chi connectivity index (χ3n) is 3.32. The third kappa shape index (κ3) is 3.57. The Morgan fingerprint density at radius 1 is 1.20 bits per heavy atom. The summed E-state index contributed by atoms with van der Waals surface area (Å²) in [5.41, 5.74) is -0.502. The van der Waals surface area contributed by atoms with Gasteiger partial charge in [-0.1, -0.05) is 45.0 Å². The predicted molar refractivity (Wildman–Crippen MR) is 76.2 cm³/mol. The van der Waals surface area contributed by atoms with Crippen molar-refractivity contribution in [1.29, 1.82) is 0 Å². The van der Waals surface area contributed by atoms with Crippen LogP contribution in [0.15, 0.2) is 24.3 Å². The zero-order chi connectivity index (χ0) is 15.6. The van der Waals surface area contributed by atoms with Gasteiger partial charge < -0.3 is 9.84 Å². The van der Waals surface area contributed by atoms with Gasteiger partial charge in [0.1, 0.15) is 5.60 Å². The molecule has 0 bridgehead atoms. The number of aliphatic hydroxyl groups is 1. The van der Waals surface area contributed by atoms with Crippen LogP contribution < -0.4 is 0 Å². The molecule has 0 aliphatic heterocycles. The van der Waals surface area contributed by atoms with E-state index in [1.807, 2.05) is 12.1 Å². The van der Waals surface area contributed by atoms with Crippen molar-refractivity contribution in [1.82, 2.24) is 0 Å². The van der Waals surface area contributed by atoms with Crippen LogP contribution >= 0.6 is 0 Å². The fraction of sp³-hybridized carbons (Fsp3) is 0.562. The largest absolute Gasteiger partial charge is 0.464 e. The molecule has 0 fully saturated rings. The second-order valence-corrected chi connectivity index (χ2v) is 6.09. The van der Waals surface area contributed by atoms with Crippen molar-refractivity contribution in [2.45, 2.75) is 51.8 Å². The Balaban J connectivity index is 3.01. The van der Waals surface area contributed by atoms with Crippen LogP contribution in [0.4, 0.5) is 4.39 Å². The summed E-state index contributed by atoms with van der Waals surface area (Å²) in [7, 11) is 0. The summed E-state index contributed by atoms with van der Waals surface area (Å²) in [5, 5.41) is 10.3. The Bertz CT molecular complexity index is 458. The van der Waals surface area contributed by atoms with Crippen LogP contribution in [-0.4, -0.2) is 23.9 Å². The van der Waals surface area contributed by atoms with E-state index >= 15 is 0 Å². The van der Waals surface area contributed by atoms with E-state index in [9.17, 15) is 14.3 Å². The fourth-order valence-electron chi connectivity index (χ4n) is 1.90. The molecular weight excluding hydrogens is 259 g/mol. The SMILES string of the molecule is CCOC(=O)C(F)C(C)(O)c1ccc(C(C)(C)C)cc1. The number of halogens is 1. The minimum Gasteiger partial charge on any atom is -0.464 e. The molecule has 3 nitrogen and oxygen atoms in total. The van der Waals surface area contributed by atoms with E-state index in [4.69, 9.17) is 0 Å². The minimum atomic E-state index is -2.11. The molecule has 20 heavy (non-hydrogen) atoms. The Hall–Kier alpha value is -1.42. The molecular formula is C16H23FO3. The van der Waals surface area contributed by atoms with E-state index in [-0.39, 0.29) is 12.0 Å². The van der Waals surface area contributed by atoms with Gasteiger partial charge in [-0.2, -0.15) is 0 Å². The summed E-state index contributed by atoms with van der Waals surface area (Å²) in [5.74, 6) is -1.04. The minimum absolute atomic E-state index is 0.0271. The summed E-state index contributed by atoms with van der Waals surface area (Å²) in [6, 6.07) is 6.96. The van der Waals surface area contributed by atoms with Gasteiger partial charge in [-0.25, -0.2) is 9.18 Å². The zero-order valence-electron chi connectivity index (χ0n) is 12.7. The highest BCUT2D eigenvalue weighted by molar-refractivity contribution is 5.76. The van der Waals surface area contributed by atoms with E-state index < -0.39 is 17.7 Å². The van der Waals surface area contributed by atoms with Gasteiger partial charge in [0.15, 0.2) is 0 Å². The molecule has 1 aromatic rings. The molecule has 0 amide bonds. The van der Waals surface area contributed by atoms with Crippen molar-refractivity contribution < 1.29 is 19.0 Å². The average molecular weight is 282 g/mol. The molecule has 0 heterocycles. The molecule has 0 spiro atoms. The summed E-state index contributed by atoms with van der Waals surface area (Å²) < 4.78 is 18.7. The molecule has 2 unspecified atom stereocenters. The lowest BCUT2D eigenvalue weighted by molar-refractivity contribution is -0.160. The number of carbonyl (C=O) groups excluding carboxylic acids is 1. The van der Waals surface area contributed by atoms with E-state index in [2.05, 4.69) is 25.5 Å². The Kier molecular flexibility index (Phi) is 4.92. The van der Waals surface area contributed by atoms with Crippen molar-refractivity contribution in [3.8, 4) is 0 Å². The average Bonchev–Trinajstić information content (AvgIpc) is 2.37. The number of carbonyl (C=O) groups is 1. The van der Waals surface area contributed by atoms with Crippen LogP contribution in [0, 0.1) is 0 Å². The van der Waals surface area contributed by atoms with Crippen molar-refractivity contribution >= 4 is 5.97 Å². The third-order valence-corrected chi connectivity index (χ3v) is 3.32. The number of hydrogen-bond acceptors (Lipinski definition) is 3. The second kappa shape index (κ2) is 5.92. The maximum atomic E-state index is 14.1. The summed E-state index contributed by atoms with van der Waals surface area (Å²) in [6.45, 7) is 9.15. The lowest BCUT2D eigenvalue weighted by atomic mass is 9.84. The van der Waals surface area contributed by atoms with Gasteiger partial charge in [0.2, 0.25) is 6.17 Å². The number of benzene rings is 1. The van der Waals surface area contributed by atoms with E-state index in [1.54, 1.807) is 19.1 Å². The lowest BCUT2D eigenvalue weighted by Gasteiger charge is -2.27. The number of rotatable bonds is 4. The highest BCUT2D eigenvalue weighted by atomic mass is 19.1. The van der Waals surface area contributed by atoms with Crippen molar-refractivity contribution in [2.24, 2.45) is 0 Å². The summed E-state index contributed by atoms with van der Waals surface area (Å²) in [6.07, 6.45) is -2.11. The van der Waals surface area contributed by atoms with Crippen LogP contribution in [0.3, 0.4) is 0 Å². The van der Waals surface area contributed by atoms with E-state index in [1.165, 1.54) is 6.92 Å². The van der Waals surface area contributed by atoms with E-state index in [0.717, 1.165) is 5.56 Å². The Morgan fingerprint density at radius 2 is 1.65 bits per heavy atom. The van der Waals surface area contributed by atoms with Crippen LogP contribution in [0.2, 0.25) is 0 Å². The molecule has 2 atom stereocenters. The molecule has 0 saturated heterocycles. The molecule has 0 aliphatic rings. The molecule has 4 heteroatoms. The normalized spacial score (nSPS) is 16.4. The smallest absolute Gasteiger partial charge is 0.344 e. The predicted octanol–water partition coefficient (Wildman–Crippen LogP) is 3.09. The highest BCUT2D eigenvalue weighted by Gasteiger charge is 2.40. The molecule has 1 aromatic carbocycles. The van der Waals surface area contributed by atoms with Gasteiger partial charge in [0.25, 0.3) is 0 Å². The first-order valence-corrected chi connectivity index (χ1v) is 6.74.